The van der Waals surface area contributed by atoms with Gasteiger partial charge >= 0.3 is 0 Å². The molecule has 174 valence electrons. The summed E-state index contributed by atoms with van der Waals surface area (Å²) < 4.78 is 10.6. The van der Waals surface area contributed by atoms with Crippen molar-refractivity contribution in [3.63, 3.8) is 0 Å². The molecule has 1 aromatic rings. The molecule has 1 saturated carbocycles. The maximum absolute atomic E-state index is 13.4. The molecule has 0 bridgehead atoms. The van der Waals surface area contributed by atoms with Gasteiger partial charge in [-0.15, -0.1) is 0 Å². The van der Waals surface area contributed by atoms with E-state index in [-0.39, 0.29) is 36.6 Å². The highest BCUT2D eigenvalue weighted by atomic mass is 16.7. The third-order valence-electron chi connectivity index (χ3n) is 6.05. The summed E-state index contributed by atoms with van der Waals surface area (Å²) in [6.45, 7) is 1.47. The number of rotatable bonds is 8. The Morgan fingerprint density at radius 1 is 1.09 bits per heavy atom. The van der Waals surface area contributed by atoms with Gasteiger partial charge in [0, 0.05) is 32.7 Å². The van der Waals surface area contributed by atoms with E-state index < -0.39 is 18.2 Å². The van der Waals surface area contributed by atoms with E-state index in [4.69, 9.17) is 9.47 Å². The third kappa shape index (κ3) is 5.34. The van der Waals surface area contributed by atoms with Crippen LogP contribution in [0.4, 0.5) is 11.4 Å². The highest BCUT2D eigenvalue weighted by Crippen LogP contribution is 2.31. The lowest BCUT2D eigenvalue weighted by molar-refractivity contribution is -0.156. The van der Waals surface area contributed by atoms with Crippen LogP contribution < -0.4 is 10.2 Å². The molecular weight excluding hydrogens is 414 g/mol. The van der Waals surface area contributed by atoms with E-state index >= 15 is 0 Å². The summed E-state index contributed by atoms with van der Waals surface area (Å²) in [5.41, 5.74) is 0.964. The number of hydrogen-bond acceptors (Lipinski definition) is 6. The van der Waals surface area contributed by atoms with Gasteiger partial charge in [0.15, 0.2) is 6.29 Å². The first-order chi connectivity index (χ1) is 15.3. The Hall–Kier alpha value is -2.78. The minimum Gasteiger partial charge on any atom is -0.354 e. The number of hydrogen-bond donors (Lipinski definition) is 1. The topological polar surface area (TPSA) is 105 Å². The molecule has 1 N–H and O–H groups in total. The van der Waals surface area contributed by atoms with Crippen LogP contribution in [0.3, 0.4) is 0 Å². The Morgan fingerprint density at radius 2 is 1.72 bits per heavy atom. The average molecular weight is 446 g/mol. The molecule has 0 spiro atoms. The number of ether oxygens (including phenoxy) is 2. The SMILES string of the molecule is COC(CN(C(=O)C1CCCCC1)C1CC(=O)N(c2ccc(NC(C)=O)cc2)C1=O)OC. The second-order valence-electron chi connectivity index (χ2n) is 8.24. The van der Waals surface area contributed by atoms with Crippen molar-refractivity contribution in [2.75, 3.05) is 31.0 Å². The average Bonchev–Trinajstić information content (AvgIpc) is 3.08. The van der Waals surface area contributed by atoms with E-state index in [1.54, 1.807) is 24.3 Å². The van der Waals surface area contributed by atoms with Crippen molar-refractivity contribution < 1.29 is 28.7 Å². The van der Waals surface area contributed by atoms with Crippen molar-refractivity contribution in [1.29, 1.82) is 0 Å². The second-order valence-corrected chi connectivity index (χ2v) is 8.24. The maximum Gasteiger partial charge on any atom is 0.257 e. The lowest BCUT2D eigenvalue weighted by Gasteiger charge is -2.34. The molecule has 1 atom stereocenters. The fraction of sp³-hybridized carbons (Fsp3) is 0.565. The van der Waals surface area contributed by atoms with Crippen molar-refractivity contribution in [2.24, 2.45) is 5.92 Å². The first-order valence-corrected chi connectivity index (χ1v) is 11.0. The Balaban J connectivity index is 1.83. The van der Waals surface area contributed by atoms with Gasteiger partial charge in [-0.05, 0) is 37.1 Å². The molecular formula is C23H31N3O6. The highest BCUT2D eigenvalue weighted by molar-refractivity contribution is 6.23. The van der Waals surface area contributed by atoms with E-state index in [0.29, 0.717) is 11.4 Å². The quantitative estimate of drug-likeness (QED) is 0.486. The van der Waals surface area contributed by atoms with Crippen molar-refractivity contribution >= 4 is 35.0 Å². The fourth-order valence-electron chi connectivity index (χ4n) is 4.39. The van der Waals surface area contributed by atoms with Gasteiger partial charge in [0.2, 0.25) is 17.7 Å². The van der Waals surface area contributed by atoms with Crippen LogP contribution in [0, 0.1) is 5.92 Å². The normalized spacial score (nSPS) is 19.5. The van der Waals surface area contributed by atoms with Gasteiger partial charge in [-0.1, -0.05) is 19.3 Å². The Morgan fingerprint density at radius 3 is 2.28 bits per heavy atom. The first-order valence-electron chi connectivity index (χ1n) is 11.0. The van der Waals surface area contributed by atoms with Crippen LogP contribution in [0.15, 0.2) is 24.3 Å². The number of carbonyl (C=O) groups excluding carboxylic acids is 4. The number of nitrogens with zero attached hydrogens (tertiary/aromatic N) is 2. The number of amides is 4. The van der Waals surface area contributed by atoms with Gasteiger partial charge in [0.1, 0.15) is 6.04 Å². The molecule has 1 saturated heterocycles. The van der Waals surface area contributed by atoms with E-state index in [2.05, 4.69) is 5.32 Å². The van der Waals surface area contributed by atoms with Gasteiger partial charge in [0.25, 0.3) is 5.91 Å². The van der Waals surface area contributed by atoms with E-state index in [0.717, 1.165) is 37.0 Å². The summed E-state index contributed by atoms with van der Waals surface area (Å²) in [7, 11) is 2.95. The summed E-state index contributed by atoms with van der Waals surface area (Å²) in [4.78, 5) is 53.3. The van der Waals surface area contributed by atoms with Crippen molar-refractivity contribution in [3.8, 4) is 0 Å². The molecule has 4 amide bonds. The molecule has 32 heavy (non-hydrogen) atoms. The zero-order chi connectivity index (χ0) is 23.3. The van der Waals surface area contributed by atoms with Crippen molar-refractivity contribution in [2.45, 2.75) is 57.8 Å². The summed E-state index contributed by atoms with van der Waals surface area (Å²) in [6, 6.07) is 5.55. The van der Waals surface area contributed by atoms with E-state index in [1.807, 2.05) is 0 Å². The van der Waals surface area contributed by atoms with Crippen molar-refractivity contribution in [3.05, 3.63) is 24.3 Å². The van der Waals surface area contributed by atoms with Gasteiger partial charge in [0.05, 0.1) is 18.7 Å². The predicted molar refractivity (Wildman–Crippen MR) is 118 cm³/mol. The molecule has 0 radical (unpaired) electrons. The van der Waals surface area contributed by atoms with Crippen LogP contribution in [0.5, 0.6) is 0 Å². The summed E-state index contributed by atoms with van der Waals surface area (Å²) in [5.74, 6) is -1.32. The number of anilines is 2. The second kappa shape index (κ2) is 10.7. The molecule has 9 heteroatoms. The molecule has 9 nitrogen and oxygen atoms in total. The zero-order valence-electron chi connectivity index (χ0n) is 18.8. The zero-order valence-corrected chi connectivity index (χ0v) is 18.8. The highest BCUT2D eigenvalue weighted by Gasteiger charge is 2.46. The lowest BCUT2D eigenvalue weighted by Crippen LogP contribution is -2.51. The Kier molecular flexibility index (Phi) is 7.98. The molecule has 2 aliphatic rings. The molecule has 1 aliphatic heterocycles. The smallest absolute Gasteiger partial charge is 0.257 e. The Bertz CT molecular complexity index is 846. The van der Waals surface area contributed by atoms with Gasteiger partial charge in [-0.25, -0.2) is 4.90 Å². The standard InChI is InChI=1S/C23H31N3O6/c1-15(27)24-17-9-11-18(12-10-17)26-20(28)13-19(23(26)30)25(14-21(31-2)32-3)22(29)16-7-5-4-6-8-16/h9-12,16,19,21H,4-8,13-14H2,1-3H3,(H,24,27). The minimum atomic E-state index is -0.903. The number of benzene rings is 1. The molecule has 1 aliphatic carbocycles. The molecule has 1 aromatic carbocycles. The minimum absolute atomic E-state index is 0.0708. The molecule has 1 heterocycles. The molecule has 0 aromatic heterocycles. The molecule has 2 fully saturated rings. The summed E-state index contributed by atoms with van der Waals surface area (Å²) in [6.07, 6.45) is 3.83. The van der Waals surface area contributed by atoms with Crippen LogP contribution >= 0.6 is 0 Å². The molecule has 3 rings (SSSR count). The van der Waals surface area contributed by atoms with Crippen LogP contribution in [-0.2, 0) is 28.7 Å². The van der Waals surface area contributed by atoms with E-state index in [9.17, 15) is 19.2 Å². The summed E-state index contributed by atoms with van der Waals surface area (Å²) in [5, 5.41) is 2.65. The van der Waals surface area contributed by atoms with E-state index in [1.165, 1.54) is 26.0 Å². The van der Waals surface area contributed by atoms with Gasteiger partial charge in [-0.3, -0.25) is 19.2 Å². The third-order valence-corrected chi connectivity index (χ3v) is 6.05. The number of nitrogens with one attached hydrogen (secondary N) is 1. The van der Waals surface area contributed by atoms with Gasteiger partial charge in [-0.2, -0.15) is 0 Å². The fourth-order valence-corrected chi connectivity index (χ4v) is 4.39. The molecule has 1 unspecified atom stereocenters. The maximum atomic E-state index is 13.4. The number of imide groups is 1. The number of methoxy groups -OCH3 is 2. The van der Waals surface area contributed by atoms with Crippen LogP contribution in [0.25, 0.3) is 0 Å². The largest absolute Gasteiger partial charge is 0.354 e. The number of carbonyl (C=O) groups is 4. The lowest BCUT2D eigenvalue weighted by atomic mass is 9.88. The van der Waals surface area contributed by atoms with Crippen LogP contribution in [0.1, 0.15) is 45.4 Å². The predicted octanol–water partition coefficient (Wildman–Crippen LogP) is 2.30. The van der Waals surface area contributed by atoms with Gasteiger partial charge < -0.3 is 19.7 Å². The monoisotopic (exact) mass is 445 g/mol. The van der Waals surface area contributed by atoms with Crippen molar-refractivity contribution in [1.82, 2.24) is 4.90 Å². The summed E-state index contributed by atoms with van der Waals surface area (Å²) >= 11 is 0. The Labute approximate surface area is 188 Å². The van der Waals surface area contributed by atoms with Crippen LogP contribution in [0.2, 0.25) is 0 Å². The van der Waals surface area contributed by atoms with Crippen LogP contribution in [-0.4, -0.2) is 61.6 Å². The first kappa shape index (κ1) is 23.9.